The highest BCUT2D eigenvalue weighted by atomic mass is 16.6. The van der Waals surface area contributed by atoms with Crippen molar-refractivity contribution in [2.24, 2.45) is 0 Å². The summed E-state index contributed by atoms with van der Waals surface area (Å²) in [5.41, 5.74) is -14.5. The molecule has 0 bridgehead atoms. The number of benzene rings is 2. The number of rotatable bonds is 11. The van der Waals surface area contributed by atoms with E-state index >= 15 is 0 Å². The van der Waals surface area contributed by atoms with Gasteiger partial charge < -0.3 is 47.4 Å². The van der Waals surface area contributed by atoms with Crippen LogP contribution in [0.3, 0.4) is 0 Å². The molecular weight excluding hydrogens is 704 g/mol. The zero-order chi connectivity index (χ0) is 39.8. The van der Waals surface area contributed by atoms with Crippen molar-refractivity contribution in [1.82, 2.24) is 0 Å². The molecule has 0 aromatic heterocycles. The second-order valence-electron chi connectivity index (χ2n) is 9.42. The summed E-state index contributed by atoms with van der Waals surface area (Å²) in [5.74, 6) is -16.1. The summed E-state index contributed by atoms with van der Waals surface area (Å²) in [6, 6.07) is 0. The Hall–Kier alpha value is -6.86. The zero-order valence-corrected chi connectivity index (χ0v) is 29.2. The van der Waals surface area contributed by atoms with Crippen LogP contribution in [0.25, 0.3) is 11.1 Å². The summed E-state index contributed by atoms with van der Waals surface area (Å²) >= 11 is 0. The smallest absolute Gasteiger partial charge is 0.339 e. The minimum atomic E-state index is -1.65. The molecule has 0 saturated carbocycles. The summed E-state index contributed by atoms with van der Waals surface area (Å²) in [5, 5.41) is 0. The number of ether oxygens (including phenoxy) is 10. The minimum absolute atomic E-state index is 0.750. The van der Waals surface area contributed by atoms with Gasteiger partial charge in [0.25, 0.3) is 0 Å². The van der Waals surface area contributed by atoms with E-state index in [9.17, 15) is 47.9 Å². The molecule has 0 radical (unpaired) electrons. The van der Waals surface area contributed by atoms with E-state index in [0.29, 0.717) is 0 Å². The first-order valence-corrected chi connectivity index (χ1v) is 13.9. The molecule has 0 aliphatic carbocycles. The third-order valence-corrected chi connectivity index (χ3v) is 7.15. The molecule has 0 unspecified atom stereocenters. The van der Waals surface area contributed by atoms with Crippen LogP contribution in [0.5, 0.6) is 0 Å². The Morgan fingerprint density at radius 3 is 0.423 bits per heavy atom. The van der Waals surface area contributed by atoms with Gasteiger partial charge in [0.1, 0.15) is 0 Å². The zero-order valence-electron chi connectivity index (χ0n) is 29.2. The lowest BCUT2D eigenvalue weighted by Gasteiger charge is -2.26. The highest BCUT2D eigenvalue weighted by molar-refractivity contribution is 6.28. The van der Waals surface area contributed by atoms with Gasteiger partial charge in [-0.25, -0.2) is 47.9 Å². The maximum atomic E-state index is 13.9. The van der Waals surface area contributed by atoms with Gasteiger partial charge in [-0.3, -0.25) is 0 Å². The number of hydrogen-bond donors (Lipinski definition) is 0. The van der Waals surface area contributed by atoms with Crippen LogP contribution in [0, 0.1) is 0 Å². The largest absolute Gasteiger partial charge is 0.465 e. The molecule has 52 heavy (non-hydrogen) atoms. The van der Waals surface area contributed by atoms with Crippen LogP contribution in [0.15, 0.2) is 0 Å². The highest BCUT2D eigenvalue weighted by Gasteiger charge is 2.47. The topological polar surface area (TPSA) is 263 Å². The molecule has 278 valence electrons. The average molecular weight is 735 g/mol. The monoisotopic (exact) mass is 734 g/mol. The van der Waals surface area contributed by atoms with Gasteiger partial charge >= 0.3 is 59.7 Å². The fourth-order valence-electron chi connectivity index (χ4n) is 5.06. The van der Waals surface area contributed by atoms with E-state index < -0.39 is 126 Å². The molecule has 0 N–H and O–H groups in total. The summed E-state index contributed by atoms with van der Waals surface area (Å²) < 4.78 is 48.2. The van der Waals surface area contributed by atoms with Crippen molar-refractivity contribution in [2.45, 2.75) is 0 Å². The van der Waals surface area contributed by atoms with Crippen LogP contribution in [0.1, 0.15) is 104 Å². The van der Waals surface area contributed by atoms with Crippen molar-refractivity contribution in [3.63, 3.8) is 0 Å². The van der Waals surface area contributed by atoms with Crippen molar-refractivity contribution in [3.05, 3.63) is 55.6 Å². The van der Waals surface area contributed by atoms with Crippen molar-refractivity contribution >= 4 is 59.7 Å². The Balaban J connectivity index is 4.13. The lowest BCUT2D eigenvalue weighted by Crippen LogP contribution is -2.30. The van der Waals surface area contributed by atoms with Crippen LogP contribution >= 0.6 is 0 Å². The number of carbonyl (C=O) groups excluding carboxylic acids is 10. The molecule has 20 heteroatoms. The number of esters is 10. The Labute approximate surface area is 293 Å². The maximum absolute atomic E-state index is 13.9. The van der Waals surface area contributed by atoms with Gasteiger partial charge in [-0.2, -0.15) is 0 Å². The summed E-state index contributed by atoms with van der Waals surface area (Å²) in [6.07, 6.45) is 0. The van der Waals surface area contributed by atoms with E-state index in [0.717, 1.165) is 71.1 Å². The molecule has 2 aromatic carbocycles. The van der Waals surface area contributed by atoms with Gasteiger partial charge in [-0.05, 0) is 0 Å². The minimum Gasteiger partial charge on any atom is -0.465 e. The second-order valence-corrected chi connectivity index (χ2v) is 9.42. The van der Waals surface area contributed by atoms with Crippen LogP contribution in [0.4, 0.5) is 0 Å². The Morgan fingerprint density at radius 1 is 0.212 bits per heavy atom. The van der Waals surface area contributed by atoms with Crippen molar-refractivity contribution in [2.75, 3.05) is 71.1 Å². The van der Waals surface area contributed by atoms with E-state index in [4.69, 9.17) is 47.4 Å². The van der Waals surface area contributed by atoms with Crippen LogP contribution in [-0.4, -0.2) is 131 Å². The van der Waals surface area contributed by atoms with E-state index in [2.05, 4.69) is 0 Å². The fourth-order valence-corrected chi connectivity index (χ4v) is 5.06. The standard InChI is InChI=1S/C32H30O20/c1-43-23(33)13-11(14(24(34)44-2)18(28(38)48-6)21(31(41)51-9)17(13)27(37)47-5)12-15(25(35)45-3)19(29(39)49-7)22(32(42)52-10)20(30(40)50-8)16(12)26(36)46-4/h1-10H3. The normalized spacial score (nSPS) is 10.1. The van der Waals surface area contributed by atoms with E-state index in [-0.39, 0.29) is 0 Å². The Bertz CT molecular complexity index is 1670. The molecule has 0 spiro atoms. The van der Waals surface area contributed by atoms with E-state index in [1.54, 1.807) is 0 Å². The van der Waals surface area contributed by atoms with Gasteiger partial charge in [-0.15, -0.1) is 0 Å². The summed E-state index contributed by atoms with van der Waals surface area (Å²) in [6.45, 7) is 0. The molecule has 2 rings (SSSR count). The molecule has 20 nitrogen and oxygen atoms in total. The van der Waals surface area contributed by atoms with Gasteiger partial charge in [0.05, 0.1) is 127 Å². The molecule has 0 aliphatic heterocycles. The maximum Gasteiger partial charge on any atom is 0.339 e. The van der Waals surface area contributed by atoms with Crippen LogP contribution in [-0.2, 0) is 47.4 Å². The first-order chi connectivity index (χ1) is 24.6. The van der Waals surface area contributed by atoms with Crippen LogP contribution < -0.4 is 0 Å². The average Bonchev–Trinajstić information content (AvgIpc) is 3.18. The lowest BCUT2D eigenvalue weighted by atomic mass is 9.76. The van der Waals surface area contributed by atoms with Crippen molar-refractivity contribution < 1.29 is 95.3 Å². The molecule has 0 fully saturated rings. The predicted molar refractivity (Wildman–Crippen MR) is 165 cm³/mol. The van der Waals surface area contributed by atoms with Gasteiger partial charge in [0.2, 0.25) is 0 Å². The predicted octanol–water partition coefficient (Wildman–Crippen LogP) is 1.22. The van der Waals surface area contributed by atoms with E-state index in [1.807, 2.05) is 0 Å². The van der Waals surface area contributed by atoms with Gasteiger partial charge in [-0.1, -0.05) is 0 Å². The quantitative estimate of drug-likeness (QED) is 0.232. The molecule has 0 amide bonds. The van der Waals surface area contributed by atoms with Crippen molar-refractivity contribution in [1.29, 1.82) is 0 Å². The molecule has 0 aliphatic rings. The van der Waals surface area contributed by atoms with E-state index in [1.165, 1.54) is 0 Å². The lowest BCUT2D eigenvalue weighted by molar-refractivity contribution is 0.0508. The molecule has 0 saturated heterocycles. The molecule has 0 atom stereocenters. The molecule has 2 aromatic rings. The first-order valence-electron chi connectivity index (χ1n) is 13.9. The van der Waals surface area contributed by atoms with Crippen LogP contribution in [0.2, 0.25) is 0 Å². The number of carbonyl (C=O) groups is 10. The molecule has 0 heterocycles. The summed E-state index contributed by atoms with van der Waals surface area (Å²) in [4.78, 5) is 136. The third-order valence-electron chi connectivity index (χ3n) is 7.15. The molecular formula is C32H30O20. The van der Waals surface area contributed by atoms with Gasteiger partial charge in [0.15, 0.2) is 0 Å². The second kappa shape index (κ2) is 17.2. The van der Waals surface area contributed by atoms with Crippen molar-refractivity contribution in [3.8, 4) is 11.1 Å². The van der Waals surface area contributed by atoms with Gasteiger partial charge in [0, 0.05) is 11.1 Å². The number of hydrogen-bond acceptors (Lipinski definition) is 20. The first kappa shape index (κ1) is 41.3. The third kappa shape index (κ3) is 6.93. The summed E-state index contributed by atoms with van der Waals surface area (Å²) in [7, 11) is 7.65. The SMILES string of the molecule is COC(=O)c1c(C(=O)OC)c(C(=O)OC)c(-c2c(C(=O)OC)c(C(=O)OC)c(C(=O)OC)c(C(=O)OC)c2C(=O)OC)c(C(=O)OC)c1C(=O)OC. The Kier molecular flexibility index (Phi) is 13.7. The fraction of sp³-hybridized carbons (Fsp3) is 0.312. The highest BCUT2D eigenvalue weighted by Crippen LogP contribution is 2.45. The Morgan fingerprint density at radius 2 is 0.308 bits per heavy atom. The number of methoxy groups -OCH3 is 10.